The van der Waals surface area contributed by atoms with Crippen LogP contribution in [0.5, 0.6) is 0 Å². The molecule has 0 aliphatic rings. The molecule has 2 aromatic rings. The number of imidazole rings is 1. The number of rotatable bonds is 3. The summed E-state index contributed by atoms with van der Waals surface area (Å²) in [5.74, 6) is -0.344. The standard InChI is InChI=1S/C11H10N4O2/c1-13-6-10-14-8(5-12)9-4-7(11(16)17)2-3-15(9)10/h2-4,13H,6H2,1H3,(H,16,17). The van der Waals surface area contributed by atoms with Gasteiger partial charge in [-0.25, -0.2) is 9.78 Å². The van der Waals surface area contributed by atoms with Crippen molar-refractivity contribution in [3.8, 4) is 6.07 Å². The SMILES string of the molecule is CNCc1nc(C#N)c2cc(C(=O)O)ccn12. The molecule has 2 rings (SSSR count). The van der Waals surface area contributed by atoms with Crippen molar-refractivity contribution < 1.29 is 9.90 Å². The van der Waals surface area contributed by atoms with Crippen molar-refractivity contribution in [3.63, 3.8) is 0 Å². The zero-order valence-electron chi connectivity index (χ0n) is 9.14. The Balaban J connectivity index is 2.68. The molecule has 0 fully saturated rings. The summed E-state index contributed by atoms with van der Waals surface area (Å²) < 4.78 is 1.71. The van der Waals surface area contributed by atoms with Gasteiger partial charge in [-0.2, -0.15) is 5.26 Å². The van der Waals surface area contributed by atoms with Gasteiger partial charge in [-0.3, -0.25) is 0 Å². The van der Waals surface area contributed by atoms with Crippen LogP contribution in [0, 0.1) is 11.3 Å². The molecule has 0 saturated carbocycles. The van der Waals surface area contributed by atoms with Crippen LogP contribution in [-0.2, 0) is 6.54 Å². The van der Waals surface area contributed by atoms with Crippen LogP contribution in [0.15, 0.2) is 18.3 Å². The van der Waals surface area contributed by atoms with E-state index in [9.17, 15) is 4.79 Å². The third-order valence-corrected chi connectivity index (χ3v) is 2.40. The average molecular weight is 230 g/mol. The molecular formula is C11H10N4O2. The Morgan fingerprint density at radius 2 is 2.47 bits per heavy atom. The summed E-state index contributed by atoms with van der Waals surface area (Å²) >= 11 is 0. The van der Waals surface area contributed by atoms with E-state index >= 15 is 0 Å². The molecule has 0 saturated heterocycles. The van der Waals surface area contributed by atoms with E-state index in [1.165, 1.54) is 12.1 Å². The van der Waals surface area contributed by atoms with Crippen LogP contribution in [0.2, 0.25) is 0 Å². The number of carboxylic acid groups (broad SMARTS) is 1. The van der Waals surface area contributed by atoms with Crippen molar-refractivity contribution in [1.82, 2.24) is 14.7 Å². The second-order valence-electron chi connectivity index (χ2n) is 3.49. The average Bonchev–Trinajstić information content (AvgIpc) is 2.67. The van der Waals surface area contributed by atoms with Crippen LogP contribution in [0.4, 0.5) is 0 Å². The fraction of sp³-hybridized carbons (Fsp3) is 0.182. The Morgan fingerprint density at radius 1 is 1.71 bits per heavy atom. The summed E-state index contributed by atoms with van der Waals surface area (Å²) in [6, 6.07) is 4.90. The fourth-order valence-corrected chi connectivity index (χ4v) is 1.65. The van der Waals surface area contributed by atoms with Gasteiger partial charge in [0.25, 0.3) is 0 Å². The highest BCUT2D eigenvalue weighted by Gasteiger charge is 2.12. The number of fused-ring (bicyclic) bond motifs is 1. The van der Waals surface area contributed by atoms with Crippen molar-refractivity contribution in [2.24, 2.45) is 0 Å². The molecule has 17 heavy (non-hydrogen) atoms. The minimum Gasteiger partial charge on any atom is -0.478 e. The minimum atomic E-state index is -1.02. The number of hydrogen-bond donors (Lipinski definition) is 2. The van der Waals surface area contributed by atoms with Crippen LogP contribution in [0.3, 0.4) is 0 Å². The van der Waals surface area contributed by atoms with Gasteiger partial charge >= 0.3 is 5.97 Å². The molecule has 6 nitrogen and oxygen atoms in total. The summed E-state index contributed by atoms with van der Waals surface area (Å²) in [4.78, 5) is 15.0. The fourth-order valence-electron chi connectivity index (χ4n) is 1.65. The van der Waals surface area contributed by atoms with E-state index in [1.54, 1.807) is 17.6 Å². The minimum absolute atomic E-state index is 0.143. The summed E-state index contributed by atoms with van der Waals surface area (Å²) in [5, 5.41) is 20.8. The summed E-state index contributed by atoms with van der Waals surface area (Å²) in [6.45, 7) is 0.509. The molecule has 0 atom stereocenters. The van der Waals surface area contributed by atoms with Crippen molar-refractivity contribution in [2.45, 2.75) is 6.54 Å². The molecule has 0 aliphatic heterocycles. The molecule has 2 N–H and O–H groups in total. The molecule has 0 bridgehead atoms. The number of hydrogen-bond acceptors (Lipinski definition) is 4. The largest absolute Gasteiger partial charge is 0.478 e. The number of carbonyl (C=O) groups is 1. The van der Waals surface area contributed by atoms with Gasteiger partial charge in [0, 0.05) is 6.20 Å². The third kappa shape index (κ3) is 1.84. The van der Waals surface area contributed by atoms with Crippen LogP contribution in [0.1, 0.15) is 21.9 Å². The predicted octanol–water partition coefficient (Wildman–Crippen LogP) is 0.624. The van der Waals surface area contributed by atoms with Crippen LogP contribution in [-0.4, -0.2) is 27.5 Å². The molecule has 0 unspecified atom stereocenters. The Labute approximate surface area is 97.1 Å². The maximum Gasteiger partial charge on any atom is 0.335 e. The van der Waals surface area contributed by atoms with Gasteiger partial charge in [-0.15, -0.1) is 0 Å². The van der Waals surface area contributed by atoms with Gasteiger partial charge in [-0.05, 0) is 19.2 Å². The first-order valence-electron chi connectivity index (χ1n) is 4.96. The lowest BCUT2D eigenvalue weighted by molar-refractivity contribution is 0.0697. The predicted molar refractivity (Wildman–Crippen MR) is 59.6 cm³/mol. The topological polar surface area (TPSA) is 90.4 Å². The monoisotopic (exact) mass is 230 g/mol. The zero-order valence-corrected chi connectivity index (χ0v) is 9.14. The molecule has 0 spiro atoms. The first kappa shape index (κ1) is 11.1. The molecule has 2 heterocycles. The van der Waals surface area contributed by atoms with Gasteiger partial charge in [0.2, 0.25) is 0 Å². The molecule has 0 amide bonds. The lowest BCUT2D eigenvalue weighted by Gasteiger charge is -2.00. The number of carboxylic acids is 1. The lowest BCUT2D eigenvalue weighted by atomic mass is 10.2. The summed E-state index contributed by atoms with van der Waals surface area (Å²) in [6.07, 6.45) is 1.61. The van der Waals surface area contributed by atoms with E-state index in [2.05, 4.69) is 10.3 Å². The van der Waals surface area contributed by atoms with Gasteiger partial charge < -0.3 is 14.8 Å². The normalized spacial score (nSPS) is 10.4. The number of nitriles is 1. The second kappa shape index (κ2) is 4.23. The van der Waals surface area contributed by atoms with Crippen molar-refractivity contribution >= 4 is 11.5 Å². The van der Waals surface area contributed by atoms with E-state index in [-0.39, 0.29) is 11.3 Å². The smallest absolute Gasteiger partial charge is 0.335 e. The highest BCUT2D eigenvalue weighted by atomic mass is 16.4. The molecule has 0 aliphatic carbocycles. The Bertz CT molecular complexity index is 624. The molecular weight excluding hydrogens is 220 g/mol. The van der Waals surface area contributed by atoms with Gasteiger partial charge in [0.1, 0.15) is 11.9 Å². The van der Waals surface area contributed by atoms with Crippen molar-refractivity contribution in [3.05, 3.63) is 35.4 Å². The number of nitrogens with one attached hydrogen (secondary N) is 1. The number of aromatic carboxylic acids is 1. The maximum atomic E-state index is 10.9. The van der Waals surface area contributed by atoms with E-state index in [0.29, 0.717) is 17.9 Å². The van der Waals surface area contributed by atoms with E-state index < -0.39 is 5.97 Å². The van der Waals surface area contributed by atoms with Crippen molar-refractivity contribution in [1.29, 1.82) is 5.26 Å². The molecule has 2 aromatic heterocycles. The number of pyridine rings is 1. The van der Waals surface area contributed by atoms with E-state index in [1.807, 2.05) is 6.07 Å². The second-order valence-corrected chi connectivity index (χ2v) is 3.49. The first-order valence-corrected chi connectivity index (χ1v) is 4.96. The quantitative estimate of drug-likeness (QED) is 0.806. The first-order chi connectivity index (χ1) is 8.17. The molecule has 0 aromatic carbocycles. The van der Waals surface area contributed by atoms with Gasteiger partial charge in [-0.1, -0.05) is 0 Å². The van der Waals surface area contributed by atoms with E-state index in [0.717, 1.165) is 0 Å². The Hall–Kier alpha value is -2.39. The highest BCUT2D eigenvalue weighted by molar-refractivity contribution is 5.89. The van der Waals surface area contributed by atoms with Crippen LogP contribution < -0.4 is 5.32 Å². The van der Waals surface area contributed by atoms with Crippen LogP contribution in [0.25, 0.3) is 5.52 Å². The lowest BCUT2D eigenvalue weighted by Crippen LogP contribution is -2.09. The molecule has 0 radical (unpaired) electrons. The summed E-state index contributed by atoms with van der Waals surface area (Å²) in [5.41, 5.74) is 0.890. The van der Waals surface area contributed by atoms with Crippen LogP contribution >= 0.6 is 0 Å². The van der Waals surface area contributed by atoms with Gasteiger partial charge in [0.05, 0.1) is 17.6 Å². The highest BCUT2D eigenvalue weighted by Crippen LogP contribution is 2.14. The molecule has 86 valence electrons. The number of aromatic nitrogens is 2. The molecule has 6 heteroatoms. The Kier molecular flexibility index (Phi) is 2.77. The van der Waals surface area contributed by atoms with E-state index in [4.69, 9.17) is 10.4 Å². The van der Waals surface area contributed by atoms with Gasteiger partial charge in [0.15, 0.2) is 5.69 Å². The Morgan fingerprint density at radius 3 is 3.06 bits per heavy atom. The summed E-state index contributed by atoms with van der Waals surface area (Å²) in [7, 11) is 1.78. The number of nitrogens with zero attached hydrogens (tertiary/aromatic N) is 3. The third-order valence-electron chi connectivity index (χ3n) is 2.40. The zero-order chi connectivity index (χ0) is 12.4. The van der Waals surface area contributed by atoms with Crippen molar-refractivity contribution in [2.75, 3.05) is 7.05 Å². The maximum absolute atomic E-state index is 10.9.